The first kappa shape index (κ1) is 28.7. The van der Waals surface area contributed by atoms with Crippen LogP contribution in [0.1, 0.15) is 61.9 Å². The number of aryl methyl sites for hydroxylation is 1. The van der Waals surface area contributed by atoms with Crippen LogP contribution in [-0.4, -0.2) is 56.7 Å². The van der Waals surface area contributed by atoms with Crippen molar-refractivity contribution in [2.75, 3.05) is 13.2 Å². The molecule has 4 rings (SSSR count). The van der Waals surface area contributed by atoms with Crippen LogP contribution in [0.2, 0.25) is 0 Å². The number of aromatic nitrogens is 2. The van der Waals surface area contributed by atoms with Crippen LogP contribution in [0.25, 0.3) is 11.1 Å². The highest BCUT2D eigenvalue weighted by atomic mass is 16.6. The standard InChI is InChI=1S/C30H36N4O6/c1-30(2,3)40-28(37)31-16-20-17-32-33(4)26(20)18-34(15-9-14-27(35)36)29(38)39-19-25-23-12-7-5-10-21(23)22-11-6-8-13-24(22)25/h5-8,10-13,17,25H,9,14-16,18-19H2,1-4H3,(H,31,37)(H,35,36). The molecule has 40 heavy (non-hydrogen) atoms. The van der Waals surface area contributed by atoms with Crippen molar-refractivity contribution in [2.24, 2.45) is 7.05 Å². The Morgan fingerprint density at radius 1 is 1.05 bits per heavy atom. The minimum Gasteiger partial charge on any atom is -0.481 e. The van der Waals surface area contributed by atoms with Gasteiger partial charge >= 0.3 is 18.2 Å². The predicted molar refractivity (Wildman–Crippen MR) is 149 cm³/mol. The highest BCUT2D eigenvalue weighted by molar-refractivity contribution is 5.79. The van der Waals surface area contributed by atoms with Crippen molar-refractivity contribution in [1.29, 1.82) is 0 Å². The molecule has 0 radical (unpaired) electrons. The SMILES string of the molecule is Cn1ncc(CNC(=O)OC(C)(C)C)c1CN(CCCC(=O)O)C(=O)OCC1c2ccccc2-c2ccccc21. The Bertz CT molecular complexity index is 1330. The lowest BCUT2D eigenvalue weighted by Gasteiger charge is -2.24. The lowest BCUT2D eigenvalue weighted by molar-refractivity contribution is -0.137. The van der Waals surface area contributed by atoms with Gasteiger partial charge in [-0.1, -0.05) is 48.5 Å². The van der Waals surface area contributed by atoms with Gasteiger partial charge < -0.3 is 24.8 Å². The molecule has 0 bridgehead atoms. The topological polar surface area (TPSA) is 123 Å². The Kier molecular flexibility index (Phi) is 8.77. The number of carbonyl (C=O) groups excluding carboxylic acids is 2. The maximum Gasteiger partial charge on any atom is 0.410 e. The second-order valence-electron chi connectivity index (χ2n) is 10.8. The van der Waals surface area contributed by atoms with Crippen LogP contribution in [0.3, 0.4) is 0 Å². The number of nitrogens with one attached hydrogen (secondary N) is 1. The third-order valence-electron chi connectivity index (χ3n) is 6.72. The van der Waals surface area contributed by atoms with Gasteiger partial charge in [-0.05, 0) is 49.4 Å². The Morgan fingerprint density at radius 2 is 1.68 bits per heavy atom. The van der Waals surface area contributed by atoms with E-state index >= 15 is 0 Å². The van der Waals surface area contributed by atoms with Crippen LogP contribution in [0.4, 0.5) is 9.59 Å². The summed E-state index contributed by atoms with van der Waals surface area (Å²) in [6.45, 7) is 5.99. The molecule has 1 aromatic heterocycles. The summed E-state index contributed by atoms with van der Waals surface area (Å²) in [4.78, 5) is 38.2. The quantitative estimate of drug-likeness (QED) is 0.363. The number of alkyl carbamates (subject to hydrolysis) is 1. The number of nitrogens with zero attached hydrogens (tertiary/aromatic N) is 3. The van der Waals surface area contributed by atoms with Crippen LogP contribution in [0.15, 0.2) is 54.7 Å². The number of carboxylic acids is 1. The van der Waals surface area contributed by atoms with Gasteiger partial charge in [0.05, 0.1) is 18.4 Å². The molecular weight excluding hydrogens is 512 g/mol. The number of carboxylic acid groups (broad SMARTS) is 1. The zero-order valence-corrected chi connectivity index (χ0v) is 23.3. The number of carbonyl (C=O) groups is 3. The molecule has 0 atom stereocenters. The van der Waals surface area contributed by atoms with Crippen molar-refractivity contribution in [3.05, 3.63) is 77.1 Å². The summed E-state index contributed by atoms with van der Waals surface area (Å²) in [5, 5.41) is 16.2. The molecule has 0 aliphatic heterocycles. The first-order valence-electron chi connectivity index (χ1n) is 13.3. The fourth-order valence-corrected chi connectivity index (χ4v) is 4.86. The molecule has 0 spiro atoms. The normalized spacial score (nSPS) is 12.4. The van der Waals surface area contributed by atoms with Crippen molar-refractivity contribution in [3.63, 3.8) is 0 Å². The summed E-state index contributed by atoms with van der Waals surface area (Å²) >= 11 is 0. The highest BCUT2D eigenvalue weighted by Gasteiger charge is 2.30. The highest BCUT2D eigenvalue weighted by Crippen LogP contribution is 2.44. The average Bonchev–Trinajstić information content (AvgIpc) is 3.41. The van der Waals surface area contributed by atoms with Crippen molar-refractivity contribution in [3.8, 4) is 11.1 Å². The largest absolute Gasteiger partial charge is 0.481 e. The van der Waals surface area contributed by atoms with Gasteiger partial charge in [0.1, 0.15) is 12.2 Å². The monoisotopic (exact) mass is 548 g/mol. The van der Waals surface area contributed by atoms with Gasteiger partial charge in [0.25, 0.3) is 0 Å². The first-order valence-corrected chi connectivity index (χ1v) is 13.3. The molecule has 0 saturated heterocycles. The Balaban J connectivity index is 1.47. The maximum atomic E-state index is 13.4. The van der Waals surface area contributed by atoms with Gasteiger partial charge in [-0.3, -0.25) is 9.48 Å². The zero-order valence-electron chi connectivity index (χ0n) is 23.3. The lowest BCUT2D eigenvalue weighted by Crippen LogP contribution is -2.35. The second kappa shape index (κ2) is 12.2. The van der Waals surface area contributed by atoms with Crippen molar-refractivity contribution < 1.29 is 29.0 Å². The Hall–Kier alpha value is -4.34. The molecule has 1 heterocycles. The van der Waals surface area contributed by atoms with Crippen molar-refractivity contribution in [2.45, 2.75) is 58.2 Å². The summed E-state index contributed by atoms with van der Waals surface area (Å²) in [6, 6.07) is 16.2. The first-order chi connectivity index (χ1) is 19.0. The maximum absolute atomic E-state index is 13.4. The third-order valence-corrected chi connectivity index (χ3v) is 6.72. The van der Waals surface area contributed by atoms with Gasteiger partial charge in [0.2, 0.25) is 0 Å². The van der Waals surface area contributed by atoms with Crippen LogP contribution in [0.5, 0.6) is 0 Å². The minimum absolute atomic E-state index is 0.0778. The van der Waals surface area contributed by atoms with E-state index in [0.717, 1.165) is 22.3 Å². The summed E-state index contributed by atoms with van der Waals surface area (Å²) < 4.78 is 12.8. The molecular formula is C30H36N4O6. The van der Waals surface area contributed by atoms with Gasteiger partial charge in [-0.2, -0.15) is 5.10 Å². The van der Waals surface area contributed by atoms with Gasteiger partial charge in [-0.15, -0.1) is 0 Å². The van der Waals surface area contributed by atoms with Crippen LogP contribution < -0.4 is 5.32 Å². The smallest absolute Gasteiger partial charge is 0.410 e. The number of ether oxygens (including phenoxy) is 2. The van der Waals surface area contributed by atoms with Crippen molar-refractivity contribution in [1.82, 2.24) is 20.0 Å². The average molecular weight is 549 g/mol. The molecule has 2 amide bonds. The van der Waals surface area contributed by atoms with Gasteiger partial charge in [0, 0.05) is 38.0 Å². The van der Waals surface area contributed by atoms with E-state index in [1.54, 1.807) is 38.7 Å². The number of hydrogen-bond donors (Lipinski definition) is 2. The molecule has 10 nitrogen and oxygen atoms in total. The van der Waals surface area contributed by atoms with E-state index in [4.69, 9.17) is 14.6 Å². The number of aliphatic carboxylic acids is 1. The molecule has 212 valence electrons. The molecule has 3 aromatic rings. The predicted octanol–water partition coefficient (Wildman–Crippen LogP) is 5.06. The van der Waals surface area contributed by atoms with Gasteiger partial charge in [-0.25, -0.2) is 9.59 Å². The fraction of sp³-hybridized carbons (Fsp3) is 0.400. The molecule has 1 aliphatic rings. The molecule has 10 heteroatoms. The van der Waals surface area contributed by atoms with Crippen molar-refractivity contribution >= 4 is 18.2 Å². The number of benzene rings is 2. The molecule has 2 N–H and O–H groups in total. The third kappa shape index (κ3) is 6.99. The van der Waals surface area contributed by atoms with E-state index in [0.29, 0.717) is 11.3 Å². The van der Waals surface area contributed by atoms with E-state index in [1.165, 1.54) is 4.90 Å². The van der Waals surface area contributed by atoms with Gasteiger partial charge in [0.15, 0.2) is 0 Å². The van der Waals surface area contributed by atoms with E-state index in [9.17, 15) is 14.4 Å². The number of fused-ring (bicyclic) bond motifs is 3. The van der Waals surface area contributed by atoms with E-state index in [-0.39, 0.29) is 45.0 Å². The minimum atomic E-state index is -0.935. The Labute approximate surface area is 233 Å². The van der Waals surface area contributed by atoms with Crippen LogP contribution >= 0.6 is 0 Å². The molecule has 1 aliphatic carbocycles. The Morgan fingerprint density at radius 3 is 2.27 bits per heavy atom. The summed E-state index contributed by atoms with van der Waals surface area (Å²) in [5.41, 5.74) is 5.26. The molecule has 2 aromatic carbocycles. The zero-order chi connectivity index (χ0) is 28.9. The van der Waals surface area contributed by atoms with Crippen LogP contribution in [-0.2, 0) is 34.4 Å². The fourth-order valence-electron chi connectivity index (χ4n) is 4.86. The van der Waals surface area contributed by atoms with Crippen LogP contribution in [0, 0.1) is 0 Å². The summed E-state index contributed by atoms with van der Waals surface area (Å²) in [6.07, 6.45) is 0.713. The summed E-state index contributed by atoms with van der Waals surface area (Å²) in [7, 11) is 1.75. The second-order valence-corrected chi connectivity index (χ2v) is 10.8. The number of rotatable bonds is 10. The molecule has 0 fully saturated rings. The lowest BCUT2D eigenvalue weighted by atomic mass is 9.98. The summed E-state index contributed by atoms with van der Waals surface area (Å²) in [5.74, 6) is -1.03. The van der Waals surface area contributed by atoms with E-state index < -0.39 is 23.8 Å². The number of hydrogen-bond acceptors (Lipinski definition) is 6. The molecule has 0 saturated carbocycles. The van der Waals surface area contributed by atoms with E-state index in [1.807, 2.05) is 24.3 Å². The van der Waals surface area contributed by atoms with E-state index in [2.05, 4.69) is 34.7 Å². The molecule has 0 unspecified atom stereocenters. The number of amides is 2.